The van der Waals surface area contributed by atoms with Gasteiger partial charge in [0.1, 0.15) is 85.5 Å². The van der Waals surface area contributed by atoms with Crippen molar-refractivity contribution in [3.63, 3.8) is 0 Å². The Kier molecular flexibility index (Phi) is 10.9. The van der Waals surface area contributed by atoms with Crippen LogP contribution >= 0.6 is 0 Å². The number of aliphatic hydroxyl groups excluding tert-OH is 12. The first-order chi connectivity index (χ1) is 21.6. The van der Waals surface area contributed by atoms with Crippen molar-refractivity contribution in [1.29, 1.82) is 0 Å². The van der Waals surface area contributed by atoms with E-state index in [0.29, 0.717) is 0 Å². The Hall–Kier alpha value is -0.880. The average molecular weight is 681 g/mol. The Labute approximate surface area is 258 Å². The zero-order valence-electron chi connectivity index (χ0n) is 23.7. The summed E-state index contributed by atoms with van der Waals surface area (Å²) >= 11 is 0. The molecule has 0 radical (unpaired) electrons. The fraction of sp³-hybridized carbons (Fsp3) is 1.00. The summed E-state index contributed by atoms with van der Waals surface area (Å²) in [6.07, 6.45) is -36.2. The molecule has 14 N–H and O–H groups in total. The van der Waals surface area contributed by atoms with Gasteiger partial charge in [0, 0.05) is 0 Å². The lowest BCUT2D eigenvalue weighted by atomic mass is 9.92. The summed E-state index contributed by atoms with van der Waals surface area (Å²) in [4.78, 5) is 0. The minimum absolute atomic E-state index is 0.817. The SMILES string of the molecule is OC[C@H]1O[C@@H]2OC[C@H]3O[C@H](O[C@]4(O)[C@H](O)[C@@H](CO)O[C@@](O)(OC[C@H]5O[C@H](O[C@H]([C@H]2O)[C@@H]1O)[C@H](O)[C@@H](O)[C@@H]5O)[C@@H]4O)[C@H](O)[C@@H](O)[C@@H]3O. The molecule has 5 aliphatic heterocycles. The maximum atomic E-state index is 11.3. The van der Waals surface area contributed by atoms with Gasteiger partial charge in [-0.2, -0.15) is 0 Å². The summed E-state index contributed by atoms with van der Waals surface area (Å²) < 4.78 is 42.9. The highest BCUT2D eigenvalue weighted by Crippen LogP contribution is 2.40. The summed E-state index contributed by atoms with van der Waals surface area (Å²) in [5, 5.41) is 149. The topological polar surface area (TPSA) is 357 Å². The molecule has 20 atom stereocenters. The van der Waals surface area contributed by atoms with E-state index in [2.05, 4.69) is 0 Å². The van der Waals surface area contributed by atoms with Crippen LogP contribution in [0.5, 0.6) is 0 Å². The van der Waals surface area contributed by atoms with Crippen molar-refractivity contribution in [3.8, 4) is 0 Å². The second kappa shape index (κ2) is 13.8. The Morgan fingerprint density at radius 1 is 0.522 bits per heavy atom. The highest BCUT2D eigenvalue weighted by molar-refractivity contribution is 5.01. The van der Waals surface area contributed by atoms with E-state index in [1.165, 1.54) is 0 Å². The lowest BCUT2D eigenvalue weighted by molar-refractivity contribution is -0.513. The van der Waals surface area contributed by atoms with Gasteiger partial charge in [-0.1, -0.05) is 0 Å². The van der Waals surface area contributed by atoms with E-state index in [9.17, 15) is 71.5 Å². The zero-order chi connectivity index (χ0) is 33.9. The maximum Gasteiger partial charge on any atom is 0.314 e. The van der Waals surface area contributed by atoms with Crippen LogP contribution in [-0.2, 0) is 37.9 Å². The molecule has 0 aliphatic carbocycles. The molecule has 268 valence electrons. The summed E-state index contributed by atoms with van der Waals surface area (Å²) in [6.45, 7) is -3.90. The first-order valence-corrected chi connectivity index (χ1v) is 14.3. The van der Waals surface area contributed by atoms with Crippen molar-refractivity contribution >= 4 is 0 Å². The molecule has 8 bridgehead atoms. The minimum Gasteiger partial charge on any atom is -0.394 e. The second-order valence-corrected chi connectivity index (χ2v) is 11.7. The lowest BCUT2D eigenvalue weighted by Gasteiger charge is -2.53. The number of hydrogen-bond acceptors (Lipinski definition) is 22. The number of aliphatic hydroxyl groups is 14. The van der Waals surface area contributed by atoms with Crippen molar-refractivity contribution < 1.29 is 109 Å². The fourth-order valence-electron chi connectivity index (χ4n) is 5.82. The van der Waals surface area contributed by atoms with Crippen LogP contribution in [0.1, 0.15) is 0 Å². The predicted octanol–water partition coefficient (Wildman–Crippen LogP) is -10.1. The van der Waals surface area contributed by atoms with Crippen molar-refractivity contribution in [2.24, 2.45) is 0 Å². The Balaban J connectivity index is 1.53. The van der Waals surface area contributed by atoms with Gasteiger partial charge in [0.05, 0.1) is 26.4 Å². The van der Waals surface area contributed by atoms with E-state index < -0.39 is 149 Å². The summed E-state index contributed by atoms with van der Waals surface area (Å²) in [5.41, 5.74) is 0. The van der Waals surface area contributed by atoms with Gasteiger partial charge in [0.15, 0.2) is 25.0 Å². The normalized spacial score (nSPS) is 57.3. The molecule has 5 fully saturated rings. The van der Waals surface area contributed by atoms with Gasteiger partial charge >= 0.3 is 5.97 Å². The molecule has 0 unspecified atom stereocenters. The predicted molar refractivity (Wildman–Crippen MR) is 133 cm³/mol. The number of fused-ring (bicyclic) bond motifs is 8. The van der Waals surface area contributed by atoms with Gasteiger partial charge in [0.25, 0.3) is 0 Å². The third-order valence-corrected chi connectivity index (χ3v) is 8.65. The molecule has 0 saturated carbocycles. The summed E-state index contributed by atoms with van der Waals surface area (Å²) in [6, 6.07) is 0. The number of rotatable bonds is 2. The Morgan fingerprint density at radius 3 is 1.70 bits per heavy atom. The van der Waals surface area contributed by atoms with Gasteiger partial charge in [-0.05, 0) is 0 Å². The molecule has 5 heterocycles. The van der Waals surface area contributed by atoms with Crippen molar-refractivity contribution in [3.05, 3.63) is 0 Å². The molecule has 46 heavy (non-hydrogen) atoms. The van der Waals surface area contributed by atoms with Crippen LogP contribution in [0.3, 0.4) is 0 Å². The first-order valence-electron chi connectivity index (χ1n) is 14.3. The number of ether oxygens (including phenoxy) is 8. The molecule has 22 nitrogen and oxygen atoms in total. The Morgan fingerprint density at radius 2 is 1.09 bits per heavy atom. The van der Waals surface area contributed by atoms with Gasteiger partial charge in [0.2, 0.25) is 5.79 Å². The van der Waals surface area contributed by atoms with Crippen LogP contribution in [0.4, 0.5) is 0 Å². The van der Waals surface area contributed by atoms with Crippen LogP contribution in [0.25, 0.3) is 0 Å². The quantitative estimate of drug-likeness (QED) is 0.129. The molecule has 0 aromatic carbocycles. The molecule has 5 rings (SSSR count). The van der Waals surface area contributed by atoms with E-state index >= 15 is 0 Å². The van der Waals surface area contributed by atoms with Crippen LogP contribution in [0.15, 0.2) is 0 Å². The van der Waals surface area contributed by atoms with Crippen LogP contribution < -0.4 is 0 Å². The first kappa shape index (κ1) is 36.4. The van der Waals surface area contributed by atoms with Crippen LogP contribution in [0.2, 0.25) is 0 Å². The summed E-state index contributed by atoms with van der Waals surface area (Å²) in [7, 11) is 0. The van der Waals surface area contributed by atoms with Crippen LogP contribution in [0, 0.1) is 0 Å². The van der Waals surface area contributed by atoms with Gasteiger partial charge < -0.3 is 109 Å². The zero-order valence-corrected chi connectivity index (χ0v) is 23.7. The fourth-order valence-corrected chi connectivity index (χ4v) is 5.82. The van der Waals surface area contributed by atoms with E-state index in [-0.39, 0.29) is 0 Å². The molecule has 0 aromatic heterocycles. The molecule has 0 aromatic rings. The molecular formula is C24H40O22. The monoisotopic (exact) mass is 680 g/mol. The largest absolute Gasteiger partial charge is 0.394 e. The van der Waals surface area contributed by atoms with Gasteiger partial charge in [-0.15, -0.1) is 0 Å². The van der Waals surface area contributed by atoms with E-state index in [1.54, 1.807) is 0 Å². The second-order valence-electron chi connectivity index (χ2n) is 11.7. The van der Waals surface area contributed by atoms with Gasteiger partial charge in [-0.25, -0.2) is 0 Å². The maximum absolute atomic E-state index is 11.3. The highest BCUT2D eigenvalue weighted by atomic mass is 16.9. The third kappa shape index (κ3) is 6.31. The van der Waals surface area contributed by atoms with Gasteiger partial charge in [-0.3, -0.25) is 0 Å². The van der Waals surface area contributed by atoms with E-state index in [4.69, 9.17) is 37.9 Å². The molecule has 22 heteroatoms. The van der Waals surface area contributed by atoms with Crippen molar-refractivity contribution in [1.82, 2.24) is 0 Å². The van der Waals surface area contributed by atoms with Crippen LogP contribution in [-0.4, -0.2) is 220 Å². The van der Waals surface area contributed by atoms with E-state index in [0.717, 1.165) is 0 Å². The smallest absolute Gasteiger partial charge is 0.314 e. The molecule has 0 spiro atoms. The van der Waals surface area contributed by atoms with Crippen molar-refractivity contribution in [2.75, 3.05) is 26.4 Å². The molecule has 5 saturated heterocycles. The summed E-state index contributed by atoms with van der Waals surface area (Å²) in [5.74, 6) is -6.87. The lowest BCUT2D eigenvalue weighted by Crippen LogP contribution is -2.75. The van der Waals surface area contributed by atoms with E-state index in [1.807, 2.05) is 0 Å². The Bertz CT molecular complexity index is 1030. The molecule has 5 aliphatic rings. The molecule has 0 amide bonds. The molecular weight excluding hydrogens is 640 g/mol. The average Bonchev–Trinajstić information content (AvgIpc) is 3.03. The third-order valence-electron chi connectivity index (χ3n) is 8.65. The standard InChI is InChI=1S/C24H40O22/c25-1-5-11(29)17-16(34)19(41-5)39-3-7-9(27)13(31)15(33)21(43-7)46-23(37)18(35)6(2-26)45-24(38,22(23)36)40-4-8-10(28)12(30)14(32)20(42-8)44-17/h5-22,25-38H,1-4H2/t5-,6-,7-,8-,9-,10-,11-,12+,13+,14-,15-,16-,17+,18-,19+,20-,21-,22-,23-,24+/m1/s1. The van der Waals surface area contributed by atoms with Crippen molar-refractivity contribution in [2.45, 2.75) is 122 Å². The number of hydrogen-bond donors (Lipinski definition) is 14. The minimum atomic E-state index is -3.45. The highest BCUT2D eigenvalue weighted by Gasteiger charge is 2.66.